The summed E-state index contributed by atoms with van der Waals surface area (Å²) in [5.41, 5.74) is 1.59. The molecule has 0 N–H and O–H groups in total. The molecule has 3 nitrogen and oxygen atoms in total. The van der Waals surface area contributed by atoms with Gasteiger partial charge < -0.3 is 9.64 Å². The summed E-state index contributed by atoms with van der Waals surface area (Å²) >= 11 is 0. The van der Waals surface area contributed by atoms with Gasteiger partial charge in [-0.1, -0.05) is 12.1 Å². The van der Waals surface area contributed by atoms with Crippen LogP contribution >= 0.6 is 0 Å². The van der Waals surface area contributed by atoms with Crippen LogP contribution in [0.15, 0.2) is 48.5 Å². The maximum absolute atomic E-state index is 11.7. The number of hydrogen-bond acceptors (Lipinski definition) is 2. The Morgan fingerprint density at radius 2 is 1.42 bits per heavy atom. The molecule has 1 amide bonds. The smallest absolute Gasteiger partial charge is 0.253 e. The highest BCUT2D eigenvalue weighted by Crippen LogP contribution is 2.22. The summed E-state index contributed by atoms with van der Waals surface area (Å²) in [6, 6.07) is 14.6. The predicted octanol–water partition coefficient (Wildman–Crippen LogP) is 3.36. The first-order chi connectivity index (χ1) is 9.06. The van der Waals surface area contributed by atoms with Gasteiger partial charge in [0.25, 0.3) is 5.91 Å². The van der Waals surface area contributed by atoms with E-state index in [1.54, 1.807) is 43.3 Å². The van der Waals surface area contributed by atoms with Crippen LogP contribution in [-0.2, 0) is 0 Å². The number of hydrogen-bond donors (Lipinski definition) is 0. The first-order valence-electron chi connectivity index (χ1n) is 5.98. The second-order valence-corrected chi connectivity index (χ2v) is 4.47. The number of carbonyl (C=O) groups excluding carboxylic acids is 1. The zero-order valence-corrected chi connectivity index (χ0v) is 11.1. The van der Waals surface area contributed by atoms with Crippen LogP contribution < -0.4 is 4.74 Å². The summed E-state index contributed by atoms with van der Waals surface area (Å²) in [5, 5.41) is 0. The molecule has 0 heterocycles. The highest BCUT2D eigenvalue weighted by atomic mass is 16.5. The highest BCUT2D eigenvalue weighted by Gasteiger charge is 2.07. The van der Waals surface area contributed by atoms with Crippen molar-refractivity contribution in [1.29, 1.82) is 0 Å². The van der Waals surface area contributed by atoms with E-state index in [1.807, 2.05) is 24.3 Å². The third-order valence-electron chi connectivity index (χ3n) is 2.67. The molecule has 0 saturated carbocycles. The molecule has 2 aromatic carbocycles. The molecule has 2 rings (SSSR count). The molecule has 0 aromatic heterocycles. The molecule has 0 spiro atoms. The lowest BCUT2D eigenvalue weighted by molar-refractivity contribution is 0.0827. The van der Waals surface area contributed by atoms with E-state index < -0.39 is 0 Å². The predicted molar refractivity (Wildman–Crippen MR) is 75.4 cm³/mol. The van der Waals surface area contributed by atoms with Crippen LogP contribution in [0.4, 0.5) is 0 Å². The Bertz CT molecular complexity index is 556. The average molecular weight is 254 g/mol. The molecule has 97 valence electrons. The van der Waals surface area contributed by atoms with Crippen LogP contribution in [0.25, 0.3) is 0 Å². The van der Waals surface area contributed by atoms with E-state index in [4.69, 9.17) is 4.74 Å². The van der Waals surface area contributed by atoms with E-state index in [2.05, 4.69) is 6.92 Å². The molecule has 0 unspecified atom stereocenters. The van der Waals surface area contributed by atoms with Crippen LogP contribution in [0.2, 0.25) is 0 Å². The van der Waals surface area contributed by atoms with E-state index in [0.29, 0.717) is 11.3 Å². The quantitative estimate of drug-likeness (QED) is 0.840. The fourth-order valence-corrected chi connectivity index (χ4v) is 1.62. The van der Waals surface area contributed by atoms with Gasteiger partial charge in [0.2, 0.25) is 0 Å². The van der Waals surface area contributed by atoms with Gasteiger partial charge in [-0.3, -0.25) is 4.79 Å². The van der Waals surface area contributed by atoms with E-state index in [9.17, 15) is 4.79 Å². The molecule has 2 aromatic rings. The van der Waals surface area contributed by atoms with Crippen LogP contribution in [0, 0.1) is 6.92 Å². The first-order valence-corrected chi connectivity index (χ1v) is 5.98. The molecule has 0 fully saturated rings. The average Bonchev–Trinajstić information content (AvgIpc) is 2.41. The lowest BCUT2D eigenvalue weighted by Crippen LogP contribution is -2.21. The van der Waals surface area contributed by atoms with Crippen molar-refractivity contribution in [3.8, 4) is 11.5 Å². The summed E-state index contributed by atoms with van der Waals surface area (Å²) < 4.78 is 5.68. The Kier molecular flexibility index (Phi) is 3.85. The van der Waals surface area contributed by atoms with Gasteiger partial charge >= 0.3 is 0 Å². The minimum Gasteiger partial charge on any atom is -0.457 e. The van der Waals surface area contributed by atoms with Crippen molar-refractivity contribution < 1.29 is 9.53 Å². The van der Waals surface area contributed by atoms with Crippen LogP contribution in [0.3, 0.4) is 0 Å². The van der Waals surface area contributed by atoms with Gasteiger partial charge in [0, 0.05) is 19.7 Å². The van der Waals surface area contributed by atoms with E-state index >= 15 is 0 Å². The van der Waals surface area contributed by atoms with Crippen molar-refractivity contribution in [3.63, 3.8) is 0 Å². The normalized spacial score (nSPS) is 10.1. The lowest BCUT2D eigenvalue weighted by Gasteiger charge is -2.11. The Hall–Kier alpha value is -2.29. The number of nitrogens with zero attached hydrogens (tertiary/aromatic N) is 1. The molecule has 0 saturated heterocycles. The zero-order valence-electron chi connectivity index (χ0n) is 11.1. The fourth-order valence-electron chi connectivity index (χ4n) is 1.62. The minimum atomic E-state index is -0.0204. The summed E-state index contributed by atoms with van der Waals surface area (Å²) in [7, 11) is 3.46. The standard InChI is InChI=1S/C16H16NO2/c1-12-4-8-14(9-5-12)19-15-10-6-13(7-11-15)16(18)17(2)3/h4-11H,1H2,2-3H3. The molecule has 0 aliphatic carbocycles. The number of ether oxygens (including phenoxy) is 1. The van der Waals surface area contributed by atoms with Gasteiger partial charge in [-0.25, -0.2) is 0 Å². The van der Waals surface area contributed by atoms with Crippen molar-refractivity contribution >= 4 is 5.91 Å². The van der Waals surface area contributed by atoms with Crippen molar-refractivity contribution in [3.05, 3.63) is 66.6 Å². The van der Waals surface area contributed by atoms with Crippen LogP contribution in [0.5, 0.6) is 11.5 Å². The fraction of sp³-hybridized carbons (Fsp3) is 0.125. The largest absolute Gasteiger partial charge is 0.457 e. The highest BCUT2D eigenvalue weighted by molar-refractivity contribution is 5.93. The number of rotatable bonds is 3. The summed E-state index contributed by atoms with van der Waals surface area (Å²) in [5.74, 6) is 1.43. The van der Waals surface area contributed by atoms with Gasteiger partial charge in [-0.15, -0.1) is 0 Å². The molecule has 19 heavy (non-hydrogen) atoms. The SMILES string of the molecule is [CH2]c1ccc(Oc2ccc(C(=O)N(C)C)cc2)cc1. The van der Waals surface area contributed by atoms with Crippen molar-refractivity contribution in [1.82, 2.24) is 4.90 Å². The molecule has 0 aliphatic heterocycles. The summed E-state index contributed by atoms with van der Waals surface area (Å²) in [4.78, 5) is 13.3. The maximum Gasteiger partial charge on any atom is 0.253 e. The molecule has 1 radical (unpaired) electrons. The van der Waals surface area contributed by atoms with Crippen LogP contribution in [-0.4, -0.2) is 24.9 Å². The zero-order chi connectivity index (χ0) is 13.8. The van der Waals surface area contributed by atoms with E-state index in [0.717, 1.165) is 11.3 Å². The Balaban J connectivity index is 2.10. The van der Waals surface area contributed by atoms with Gasteiger partial charge in [0.05, 0.1) is 0 Å². The molecule has 3 heteroatoms. The van der Waals surface area contributed by atoms with Crippen molar-refractivity contribution in [2.75, 3.05) is 14.1 Å². The second kappa shape index (κ2) is 5.57. The van der Waals surface area contributed by atoms with Gasteiger partial charge in [-0.05, 0) is 48.9 Å². The third kappa shape index (κ3) is 3.35. The van der Waals surface area contributed by atoms with Gasteiger partial charge in [0.15, 0.2) is 0 Å². The lowest BCUT2D eigenvalue weighted by atomic mass is 10.2. The molecular weight excluding hydrogens is 238 g/mol. The Morgan fingerprint density at radius 1 is 0.947 bits per heavy atom. The van der Waals surface area contributed by atoms with Crippen molar-refractivity contribution in [2.24, 2.45) is 0 Å². The number of amides is 1. The maximum atomic E-state index is 11.7. The topological polar surface area (TPSA) is 29.5 Å². The van der Waals surface area contributed by atoms with Gasteiger partial charge in [-0.2, -0.15) is 0 Å². The monoisotopic (exact) mass is 254 g/mol. The second-order valence-electron chi connectivity index (χ2n) is 4.47. The Labute approximate surface area is 113 Å². The Morgan fingerprint density at radius 3 is 1.89 bits per heavy atom. The molecule has 0 atom stereocenters. The third-order valence-corrected chi connectivity index (χ3v) is 2.67. The number of carbonyl (C=O) groups is 1. The summed E-state index contributed by atoms with van der Waals surface area (Å²) in [6.45, 7) is 3.82. The first kappa shape index (κ1) is 13.1. The van der Waals surface area contributed by atoms with Crippen molar-refractivity contribution in [2.45, 2.75) is 0 Å². The minimum absolute atomic E-state index is 0.0204. The molecule has 0 aliphatic rings. The molecule has 0 bridgehead atoms. The number of benzene rings is 2. The molecular formula is C16H16NO2. The van der Waals surface area contributed by atoms with E-state index in [-0.39, 0.29) is 5.91 Å². The summed E-state index contributed by atoms with van der Waals surface area (Å²) in [6.07, 6.45) is 0. The van der Waals surface area contributed by atoms with Crippen LogP contribution in [0.1, 0.15) is 15.9 Å². The van der Waals surface area contributed by atoms with E-state index in [1.165, 1.54) is 0 Å². The van der Waals surface area contributed by atoms with Gasteiger partial charge in [0.1, 0.15) is 11.5 Å².